The summed E-state index contributed by atoms with van der Waals surface area (Å²) >= 11 is 0. The second-order valence-electron chi connectivity index (χ2n) is 5.90. The molecule has 1 N–H and O–H groups in total. The monoisotopic (exact) mass is 232 g/mol. The lowest BCUT2D eigenvalue weighted by molar-refractivity contribution is 0.618. The van der Waals surface area contributed by atoms with E-state index in [2.05, 4.69) is 57.2 Å². The van der Waals surface area contributed by atoms with Crippen molar-refractivity contribution in [2.24, 2.45) is 0 Å². The first-order chi connectivity index (χ1) is 6.21. The molecular weight excluding hydrogens is 204 g/mol. The van der Waals surface area contributed by atoms with Gasteiger partial charge in [-0.3, -0.25) is 0 Å². The molecule has 86 valence electrons. The van der Waals surface area contributed by atoms with Gasteiger partial charge in [0.05, 0.1) is 8.07 Å². The molecule has 0 unspecified atom stereocenters. The summed E-state index contributed by atoms with van der Waals surface area (Å²) in [6.07, 6.45) is 1.25. The molecule has 0 radical (unpaired) electrons. The second kappa shape index (κ2) is 5.44. The van der Waals surface area contributed by atoms with Crippen LogP contribution in [0.15, 0.2) is 0 Å². The summed E-state index contributed by atoms with van der Waals surface area (Å²) in [5.41, 5.74) is 0. The molecule has 0 saturated carbocycles. The van der Waals surface area contributed by atoms with E-state index < -0.39 is 16.3 Å². The zero-order valence-corrected chi connectivity index (χ0v) is 13.1. The van der Waals surface area contributed by atoms with Crippen LogP contribution in [0.1, 0.15) is 0 Å². The Bertz CT molecular complexity index is 168. The topological polar surface area (TPSA) is 15.3 Å². The maximum Gasteiger partial charge on any atom is 0.121 e. The number of nitrogens with zero attached hydrogens (tertiary/aromatic N) is 1. The molecule has 0 aromatic rings. The van der Waals surface area contributed by atoms with Crippen molar-refractivity contribution in [3.05, 3.63) is 0 Å². The predicted molar refractivity (Wildman–Crippen MR) is 72.2 cm³/mol. The van der Waals surface area contributed by atoms with E-state index in [1.807, 2.05) is 0 Å². The fourth-order valence-corrected chi connectivity index (χ4v) is 8.17. The quantitative estimate of drug-likeness (QED) is 0.707. The standard InChI is InChI=1S/C10H28N2Si2/c1-11-10-13(4,5)8-9-14(6,7)12(2)3/h11H,8-10H2,1-7H3. The lowest BCUT2D eigenvalue weighted by Crippen LogP contribution is -2.46. The van der Waals surface area contributed by atoms with Gasteiger partial charge in [-0.05, 0) is 33.4 Å². The van der Waals surface area contributed by atoms with Crippen molar-refractivity contribution in [1.82, 2.24) is 9.88 Å². The first-order valence-electron chi connectivity index (χ1n) is 5.53. The van der Waals surface area contributed by atoms with E-state index in [4.69, 9.17) is 0 Å². The van der Waals surface area contributed by atoms with Crippen LogP contribution in [0.3, 0.4) is 0 Å². The zero-order valence-electron chi connectivity index (χ0n) is 11.1. The minimum Gasteiger partial charge on any atom is -0.329 e. The second-order valence-corrected chi connectivity index (χ2v) is 16.1. The van der Waals surface area contributed by atoms with Crippen LogP contribution in [0.4, 0.5) is 0 Å². The highest BCUT2D eigenvalue weighted by molar-refractivity contribution is 6.81. The maximum absolute atomic E-state index is 3.34. The average Bonchev–Trinajstić information content (AvgIpc) is 2.01. The maximum atomic E-state index is 3.34. The Morgan fingerprint density at radius 2 is 1.50 bits per heavy atom. The minimum absolute atomic E-state index is 0.962. The van der Waals surface area contributed by atoms with Crippen molar-refractivity contribution in [2.45, 2.75) is 38.3 Å². The average molecular weight is 233 g/mol. The van der Waals surface area contributed by atoms with Crippen molar-refractivity contribution in [2.75, 3.05) is 27.3 Å². The first-order valence-corrected chi connectivity index (χ1v) is 12.1. The van der Waals surface area contributed by atoms with Gasteiger partial charge in [0.1, 0.15) is 8.24 Å². The van der Waals surface area contributed by atoms with Crippen molar-refractivity contribution in [3.63, 3.8) is 0 Å². The van der Waals surface area contributed by atoms with Gasteiger partial charge in [0.2, 0.25) is 0 Å². The number of rotatable bonds is 6. The van der Waals surface area contributed by atoms with E-state index in [1.165, 1.54) is 18.3 Å². The number of nitrogens with one attached hydrogen (secondary N) is 1. The van der Waals surface area contributed by atoms with Crippen LogP contribution < -0.4 is 5.32 Å². The molecule has 0 saturated heterocycles. The molecule has 2 nitrogen and oxygen atoms in total. The molecule has 0 aliphatic carbocycles. The summed E-state index contributed by atoms with van der Waals surface area (Å²) in [7, 11) is 4.50. The van der Waals surface area contributed by atoms with Gasteiger partial charge in [0.25, 0.3) is 0 Å². The van der Waals surface area contributed by atoms with E-state index >= 15 is 0 Å². The van der Waals surface area contributed by atoms with Crippen LogP contribution in [-0.2, 0) is 0 Å². The fraction of sp³-hybridized carbons (Fsp3) is 1.00. The molecule has 0 amide bonds. The van der Waals surface area contributed by atoms with E-state index in [0.29, 0.717) is 0 Å². The Morgan fingerprint density at radius 3 is 1.86 bits per heavy atom. The third-order valence-corrected chi connectivity index (χ3v) is 10.6. The zero-order chi connectivity index (χ0) is 11.4. The van der Waals surface area contributed by atoms with Crippen LogP contribution in [0.25, 0.3) is 0 Å². The van der Waals surface area contributed by atoms with E-state index in [0.717, 1.165) is 0 Å². The Balaban J connectivity index is 4.04. The Kier molecular flexibility index (Phi) is 5.58. The largest absolute Gasteiger partial charge is 0.329 e. The van der Waals surface area contributed by atoms with Crippen molar-refractivity contribution < 1.29 is 0 Å². The van der Waals surface area contributed by atoms with Crippen LogP contribution in [-0.4, -0.2) is 48.2 Å². The van der Waals surface area contributed by atoms with Gasteiger partial charge in [-0.15, -0.1) is 0 Å². The predicted octanol–water partition coefficient (Wildman–Crippen LogP) is 2.22. The molecule has 4 heteroatoms. The van der Waals surface area contributed by atoms with Gasteiger partial charge in [-0.1, -0.05) is 32.2 Å². The van der Waals surface area contributed by atoms with Crippen LogP contribution >= 0.6 is 0 Å². The van der Waals surface area contributed by atoms with Gasteiger partial charge in [0, 0.05) is 0 Å². The highest BCUT2D eigenvalue weighted by atomic mass is 28.3. The van der Waals surface area contributed by atoms with Gasteiger partial charge in [-0.25, -0.2) is 0 Å². The van der Waals surface area contributed by atoms with Crippen LogP contribution in [0.2, 0.25) is 38.3 Å². The van der Waals surface area contributed by atoms with E-state index in [-0.39, 0.29) is 0 Å². The van der Waals surface area contributed by atoms with E-state index in [1.54, 1.807) is 0 Å². The molecule has 0 heterocycles. The SMILES string of the molecule is CNC[Si](C)(C)CC[Si](C)(C)N(C)C. The Hall–Kier alpha value is 0.354. The lowest BCUT2D eigenvalue weighted by atomic mass is 10.9. The smallest absolute Gasteiger partial charge is 0.121 e. The van der Waals surface area contributed by atoms with Crippen molar-refractivity contribution >= 4 is 16.3 Å². The summed E-state index contributed by atoms with van der Waals surface area (Å²) in [6.45, 7) is 9.92. The van der Waals surface area contributed by atoms with E-state index in [9.17, 15) is 0 Å². The molecule has 0 aromatic carbocycles. The Morgan fingerprint density at radius 1 is 1.00 bits per heavy atom. The highest BCUT2D eigenvalue weighted by Gasteiger charge is 2.28. The fourth-order valence-electron chi connectivity index (χ4n) is 1.43. The van der Waals surface area contributed by atoms with Gasteiger partial charge in [0.15, 0.2) is 0 Å². The molecule has 0 aromatic heterocycles. The molecule has 0 spiro atoms. The summed E-state index contributed by atoms with van der Waals surface area (Å²) in [5.74, 6) is 0. The molecule has 0 atom stereocenters. The Labute approximate surface area is 92.2 Å². The molecule has 14 heavy (non-hydrogen) atoms. The van der Waals surface area contributed by atoms with Gasteiger partial charge in [-0.2, -0.15) is 0 Å². The van der Waals surface area contributed by atoms with Gasteiger partial charge >= 0.3 is 0 Å². The molecule has 0 bridgehead atoms. The molecule has 0 aliphatic rings. The molecule has 0 rings (SSSR count). The molecule has 0 fully saturated rings. The van der Waals surface area contributed by atoms with Crippen molar-refractivity contribution in [3.8, 4) is 0 Å². The summed E-state index contributed by atoms with van der Waals surface area (Å²) in [6, 6.07) is 2.91. The van der Waals surface area contributed by atoms with Crippen molar-refractivity contribution in [1.29, 1.82) is 0 Å². The summed E-state index contributed by atoms with van der Waals surface area (Å²) in [4.78, 5) is 0. The van der Waals surface area contributed by atoms with Gasteiger partial charge < -0.3 is 9.88 Å². The third-order valence-electron chi connectivity index (χ3n) is 3.28. The minimum atomic E-state index is -1.08. The normalized spacial score (nSPS) is 13.7. The summed E-state index contributed by atoms with van der Waals surface area (Å²) < 4.78 is 2.47. The highest BCUT2D eigenvalue weighted by Crippen LogP contribution is 2.20. The molecule has 0 aliphatic heterocycles. The van der Waals surface area contributed by atoms with Crippen LogP contribution in [0, 0.1) is 0 Å². The first kappa shape index (κ1) is 14.4. The lowest BCUT2D eigenvalue weighted by Gasteiger charge is -2.33. The van der Waals surface area contributed by atoms with Crippen LogP contribution in [0.5, 0.6) is 0 Å². The summed E-state index contributed by atoms with van der Waals surface area (Å²) in [5, 5.41) is 3.34. The third kappa shape index (κ3) is 5.29. The molecular formula is C10H28N2Si2. The number of hydrogen-bond acceptors (Lipinski definition) is 2. The number of hydrogen-bond donors (Lipinski definition) is 1.